The quantitative estimate of drug-likeness (QED) is 0.663. The molecule has 3 aromatic rings. The van der Waals surface area contributed by atoms with Gasteiger partial charge in [0, 0.05) is 17.3 Å². The first-order valence-electron chi connectivity index (χ1n) is 5.96. The lowest BCUT2D eigenvalue weighted by Gasteiger charge is -2.01. The molecule has 1 N–H and O–H groups in total. The number of aryl methyl sites for hydroxylation is 2. The zero-order chi connectivity index (χ0) is 13.1. The van der Waals surface area contributed by atoms with Crippen molar-refractivity contribution in [1.82, 2.24) is 14.6 Å². The van der Waals surface area contributed by atoms with Gasteiger partial charge >= 0.3 is 0 Å². The van der Waals surface area contributed by atoms with Crippen LogP contribution >= 0.6 is 0 Å². The molecule has 0 saturated heterocycles. The largest absolute Gasteiger partial charge is 0.454 e. The van der Waals surface area contributed by atoms with Crippen molar-refractivity contribution in [2.45, 2.75) is 13.8 Å². The van der Waals surface area contributed by atoms with Gasteiger partial charge in [-0.05, 0) is 19.9 Å². The van der Waals surface area contributed by atoms with Crippen molar-refractivity contribution in [3.8, 4) is 11.5 Å². The van der Waals surface area contributed by atoms with Gasteiger partial charge in [0.05, 0.1) is 10.9 Å². The first-order chi connectivity index (χ1) is 9.15. The molecule has 0 spiro atoms. The summed E-state index contributed by atoms with van der Waals surface area (Å²) in [6.45, 7) is 4.04. The number of H-pyrrole nitrogens is 1. The highest BCUT2D eigenvalue weighted by Crippen LogP contribution is 2.34. The summed E-state index contributed by atoms with van der Waals surface area (Å²) >= 11 is 0. The highest BCUT2D eigenvalue weighted by molar-refractivity contribution is 5.84. The molecule has 19 heavy (non-hydrogen) atoms. The van der Waals surface area contributed by atoms with Crippen molar-refractivity contribution in [3.63, 3.8) is 0 Å². The topological polar surface area (TPSA) is 68.6 Å². The fourth-order valence-electron chi connectivity index (χ4n) is 2.35. The Morgan fingerprint density at radius 3 is 2.79 bits per heavy atom. The van der Waals surface area contributed by atoms with E-state index < -0.39 is 0 Å². The predicted molar refractivity (Wildman–Crippen MR) is 68.9 cm³/mol. The fraction of sp³-hybridized carbons (Fsp3) is 0.231. The Morgan fingerprint density at radius 2 is 2.00 bits per heavy atom. The number of aromatic amines is 1. The SMILES string of the molecule is Cc1[nH]n2c(=O)c3cc4c(cc3nc2c1C)OCO4. The van der Waals surface area contributed by atoms with Crippen molar-refractivity contribution >= 4 is 16.6 Å². The van der Waals surface area contributed by atoms with Crippen LogP contribution in [-0.2, 0) is 0 Å². The summed E-state index contributed by atoms with van der Waals surface area (Å²) in [6.07, 6.45) is 0. The summed E-state index contributed by atoms with van der Waals surface area (Å²) in [5, 5.41) is 3.54. The monoisotopic (exact) mass is 257 g/mol. The minimum absolute atomic E-state index is 0.130. The molecular weight excluding hydrogens is 246 g/mol. The molecule has 0 unspecified atom stereocenters. The number of hydrogen-bond acceptors (Lipinski definition) is 4. The molecule has 0 aliphatic carbocycles. The minimum Gasteiger partial charge on any atom is -0.454 e. The zero-order valence-electron chi connectivity index (χ0n) is 10.5. The number of rotatable bonds is 0. The van der Waals surface area contributed by atoms with Gasteiger partial charge in [-0.2, -0.15) is 0 Å². The van der Waals surface area contributed by atoms with E-state index in [-0.39, 0.29) is 12.4 Å². The van der Waals surface area contributed by atoms with Gasteiger partial charge < -0.3 is 9.47 Å². The lowest BCUT2D eigenvalue weighted by Crippen LogP contribution is -2.15. The summed E-state index contributed by atoms with van der Waals surface area (Å²) in [5.74, 6) is 1.22. The maximum absolute atomic E-state index is 12.4. The lowest BCUT2D eigenvalue weighted by molar-refractivity contribution is 0.174. The van der Waals surface area contributed by atoms with Crippen LogP contribution in [0.15, 0.2) is 16.9 Å². The third-order valence-electron chi connectivity index (χ3n) is 3.54. The van der Waals surface area contributed by atoms with E-state index in [1.165, 1.54) is 4.52 Å². The molecule has 6 nitrogen and oxygen atoms in total. The molecule has 96 valence electrons. The van der Waals surface area contributed by atoms with Crippen molar-refractivity contribution in [1.29, 1.82) is 0 Å². The summed E-state index contributed by atoms with van der Waals surface area (Å²) in [7, 11) is 0. The van der Waals surface area contributed by atoms with Crippen LogP contribution in [0.3, 0.4) is 0 Å². The van der Waals surface area contributed by atoms with Crippen molar-refractivity contribution < 1.29 is 9.47 Å². The number of fused-ring (bicyclic) bond motifs is 3. The molecule has 1 aliphatic rings. The van der Waals surface area contributed by atoms with Gasteiger partial charge in [0.1, 0.15) is 0 Å². The molecule has 0 amide bonds. The van der Waals surface area contributed by atoms with Gasteiger partial charge in [0.15, 0.2) is 17.1 Å². The zero-order valence-corrected chi connectivity index (χ0v) is 10.5. The molecule has 1 aromatic carbocycles. The van der Waals surface area contributed by atoms with Crippen LogP contribution in [0.4, 0.5) is 0 Å². The molecule has 4 rings (SSSR count). The Bertz CT molecular complexity index is 892. The van der Waals surface area contributed by atoms with Gasteiger partial charge in [-0.25, -0.2) is 9.50 Å². The maximum Gasteiger partial charge on any atom is 0.280 e. The molecular formula is C13H11N3O3. The van der Waals surface area contributed by atoms with Crippen molar-refractivity contribution in [2.24, 2.45) is 0 Å². The van der Waals surface area contributed by atoms with Crippen molar-refractivity contribution in [3.05, 3.63) is 33.7 Å². The first kappa shape index (κ1) is 10.4. The lowest BCUT2D eigenvalue weighted by atomic mass is 10.2. The van der Waals surface area contributed by atoms with Crippen LogP contribution in [-0.4, -0.2) is 21.4 Å². The van der Waals surface area contributed by atoms with E-state index in [0.717, 1.165) is 11.3 Å². The van der Waals surface area contributed by atoms with Crippen LogP contribution < -0.4 is 15.0 Å². The molecule has 2 aromatic heterocycles. The summed E-state index contributed by atoms with van der Waals surface area (Å²) in [6, 6.07) is 3.44. The third-order valence-corrected chi connectivity index (χ3v) is 3.54. The molecule has 0 saturated carbocycles. The second kappa shape index (κ2) is 3.28. The van der Waals surface area contributed by atoms with Gasteiger partial charge in [-0.1, -0.05) is 0 Å². The Hall–Kier alpha value is -2.50. The van der Waals surface area contributed by atoms with Gasteiger partial charge in [-0.15, -0.1) is 0 Å². The summed E-state index contributed by atoms with van der Waals surface area (Å²) in [4.78, 5) is 17.0. The van der Waals surface area contributed by atoms with Crippen molar-refractivity contribution in [2.75, 3.05) is 6.79 Å². The number of hydrogen-bond donors (Lipinski definition) is 1. The number of nitrogens with zero attached hydrogens (tertiary/aromatic N) is 2. The molecule has 0 bridgehead atoms. The van der Waals surface area contributed by atoms with Gasteiger partial charge in [-0.3, -0.25) is 9.89 Å². The normalized spacial score (nSPS) is 13.6. The second-order valence-corrected chi connectivity index (χ2v) is 4.66. The Kier molecular flexibility index (Phi) is 1.80. The second-order valence-electron chi connectivity index (χ2n) is 4.66. The van der Waals surface area contributed by atoms with Crippen LogP contribution in [0.1, 0.15) is 11.3 Å². The highest BCUT2D eigenvalue weighted by Gasteiger charge is 2.18. The van der Waals surface area contributed by atoms with Crippen LogP contribution in [0.25, 0.3) is 16.6 Å². The van der Waals surface area contributed by atoms with Crippen LogP contribution in [0, 0.1) is 13.8 Å². The molecule has 0 atom stereocenters. The van der Waals surface area contributed by atoms with E-state index >= 15 is 0 Å². The van der Waals surface area contributed by atoms with Gasteiger partial charge in [0.25, 0.3) is 5.56 Å². The van der Waals surface area contributed by atoms with E-state index in [4.69, 9.17) is 9.47 Å². The Balaban J connectivity index is 2.22. The number of aromatic nitrogens is 3. The fourth-order valence-corrected chi connectivity index (χ4v) is 2.35. The molecule has 0 fully saturated rings. The van der Waals surface area contributed by atoms with E-state index in [1.807, 2.05) is 13.8 Å². The number of benzene rings is 1. The predicted octanol–water partition coefficient (Wildman–Crippen LogP) is 1.52. The summed E-state index contributed by atoms with van der Waals surface area (Å²) in [5.41, 5.74) is 3.04. The highest BCUT2D eigenvalue weighted by atomic mass is 16.7. The average Bonchev–Trinajstić information content (AvgIpc) is 2.95. The molecule has 1 aliphatic heterocycles. The Labute approximate surface area is 107 Å². The van der Waals surface area contributed by atoms with Crippen LogP contribution in [0.2, 0.25) is 0 Å². The Morgan fingerprint density at radius 1 is 1.26 bits per heavy atom. The summed E-state index contributed by atoms with van der Waals surface area (Å²) < 4.78 is 12.1. The number of nitrogens with one attached hydrogen (secondary N) is 1. The third kappa shape index (κ3) is 1.25. The molecule has 6 heteroatoms. The first-order valence-corrected chi connectivity index (χ1v) is 5.96. The minimum atomic E-state index is -0.130. The molecule has 3 heterocycles. The van der Waals surface area contributed by atoms with E-state index in [2.05, 4.69) is 10.1 Å². The average molecular weight is 257 g/mol. The standard InChI is InChI=1S/C13H11N3O3/c1-6-7(2)15-16-12(6)14-9-4-11-10(18-5-19-11)3-8(9)13(16)17/h3-4,15H,5H2,1-2H3. The van der Waals surface area contributed by atoms with E-state index in [0.29, 0.717) is 28.0 Å². The smallest absolute Gasteiger partial charge is 0.280 e. The van der Waals surface area contributed by atoms with E-state index in [1.54, 1.807) is 12.1 Å². The van der Waals surface area contributed by atoms with Gasteiger partial charge in [0.2, 0.25) is 6.79 Å². The molecule has 0 radical (unpaired) electrons. The maximum atomic E-state index is 12.4. The number of ether oxygens (including phenoxy) is 2. The van der Waals surface area contributed by atoms with Crippen LogP contribution in [0.5, 0.6) is 11.5 Å². The van der Waals surface area contributed by atoms with E-state index in [9.17, 15) is 4.79 Å².